The van der Waals surface area contributed by atoms with Crippen LogP contribution in [-0.4, -0.2) is 35.9 Å². The second-order valence-electron chi connectivity index (χ2n) is 7.57. The molecular formula is C22H30O5. The van der Waals surface area contributed by atoms with Gasteiger partial charge in [0.15, 0.2) is 0 Å². The topological polar surface area (TPSA) is 65.1 Å². The molecule has 2 saturated heterocycles. The number of carbonyl (C=O) groups is 2. The minimum atomic E-state index is -0.501. The Kier molecular flexibility index (Phi) is 6.82. The van der Waals surface area contributed by atoms with Gasteiger partial charge in [0.05, 0.1) is 5.60 Å². The minimum absolute atomic E-state index is 0.187. The van der Waals surface area contributed by atoms with Crippen molar-refractivity contribution in [3.63, 3.8) is 0 Å². The molecule has 2 fully saturated rings. The lowest BCUT2D eigenvalue weighted by Crippen LogP contribution is -2.32. The van der Waals surface area contributed by atoms with Gasteiger partial charge in [-0.25, -0.2) is 4.79 Å². The fraction of sp³-hybridized carbons (Fsp3) is 0.545. The molecule has 0 N–H and O–H groups in total. The van der Waals surface area contributed by atoms with Gasteiger partial charge in [-0.3, -0.25) is 4.79 Å². The summed E-state index contributed by atoms with van der Waals surface area (Å²) in [6.07, 6.45) is 5.28. The zero-order valence-electron chi connectivity index (χ0n) is 16.4. The summed E-state index contributed by atoms with van der Waals surface area (Å²) >= 11 is 0. The summed E-state index contributed by atoms with van der Waals surface area (Å²) < 4.78 is 17.0. The molecule has 148 valence electrons. The number of esters is 2. The van der Waals surface area contributed by atoms with E-state index in [-0.39, 0.29) is 30.0 Å². The maximum Gasteiger partial charge on any atom is 0.334 e. The van der Waals surface area contributed by atoms with E-state index in [0.717, 1.165) is 18.4 Å². The van der Waals surface area contributed by atoms with Crippen LogP contribution >= 0.6 is 0 Å². The lowest BCUT2D eigenvalue weighted by molar-refractivity contribution is -0.148. The summed E-state index contributed by atoms with van der Waals surface area (Å²) in [4.78, 5) is 24.2. The average Bonchev–Trinajstić information content (AvgIpc) is 3.22. The zero-order valence-corrected chi connectivity index (χ0v) is 16.4. The van der Waals surface area contributed by atoms with E-state index in [0.29, 0.717) is 18.4 Å². The van der Waals surface area contributed by atoms with Gasteiger partial charge in [0.1, 0.15) is 18.3 Å². The highest BCUT2D eigenvalue weighted by atomic mass is 16.6. The molecule has 5 nitrogen and oxygen atoms in total. The molecule has 2 heterocycles. The van der Waals surface area contributed by atoms with Crippen LogP contribution in [0.2, 0.25) is 0 Å². The van der Waals surface area contributed by atoms with E-state index >= 15 is 0 Å². The van der Waals surface area contributed by atoms with Gasteiger partial charge in [-0.1, -0.05) is 25.3 Å². The second kappa shape index (κ2) is 8.70. The van der Waals surface area contributed by atoms with E-state index in [1.807, 2.05) is 19.9 Å². The van der Waals surface area contributed by atoms with Gasteiger partial charge in [0, 0.05) is 17.9 Å². The molecule has 2 aliphatic rings. The number of cyclic esters (lactones) is 1. The monoisotopic (exact) mass is 374 g/mol. The molecule has 0 bridgehead atoms. The largest absolute Gasteiger partial charge is 0.458 e. The summed E-state index contributed by atoms with van der Waals surface area (Å²) in [5.74, 6) is -0.999. The maximum atomic E-state index is 12.1. The first-order chi connectivity index (χ1) is 12.7. The predicted octanol–water partition coefficient (Wildman–Crippen LogP) is 4.05. The molecule has 0 amide bonds. The van der Waals surface area contributed by atoms with Crippen molar-refractivity contribution in [1.29, 1.82) is 0 Å². The molecule has 5 atom stereocenters. The molecule has 0 radical (unpaired) electrons. The van der Waals surface area contributed by atoms with E-state index in [1.165, 1.54) is 0 Å². The number of allylic oxidation sites excluding steroid dienone is 2. The van der Waals surface area contributed by atoms with Crippen molar-refractivity contribution < 1.29 is 23.8 Å². The van der Waals surface area contributed by atoms with Gasteiger partial charge in [0.2, 0.25) is 0 Å². The smallest absolute Gasteiger partial charge is 0.334 e. The molecule has 5 heteroatoms. The Hall–Kier alpha value is -2.14. The molecule has 0 aromatic rings. The Morgan fingerprint density at radius 2 is 2.00 bits per heavy atom. The van der Waals surface area contributed by atoms with Crippen molar-refractivity contribution in [3.8, 4) is 0 Å². The Balaban J connectivity index is 2.08. The van der Waals surface area contributed by atoms with Gasteiger partial charge < -0.3 is 14.2 Å². The fourth-order valence-corrected chi connectivity index (χ4v) is 3.46. The highest BCUT2D eigenvalue weighted by molar-refractivity contribution is 5.91. The van der Waals surface area contributed by atoms with Gasteiger partial charge >= 0.3 is 11.9 Å². The van der Waals surface area contributed by atoms with Crippen molar-refractivity contribution in [2.75, 3.05) is 0 Å². The van der Waals surface area contributed by atoms with Crippen molar-refractivity contribution >= 4 is 11.9 Å². The molecule has 0 aromatic heterocycles. The van der Waals surface area contributed by atoms with Crippen LogP contribution in [0.3, 0.4) is 0 Å². The summed E-state index contributed by atoms with van der Waals surface area (Å²) in [5, 5.41) is 0. The molecule has 0 saturated carbocycles. The minimum Gasteiger partial charge on any atom is -0.458 e. The molecule has 0 spiro atoms. The third-order valence-electron chi connectivity index (χ3n) is 5.28. The fourth-order valence-electron chi connectivity index (χ4n) is 3.46. The van der Waals surface area contributed by atoms with Crippen molar-refractivity contribution in [2.45, 2.75) is 69.9 Å². The SMILES string of the molecule is C=CCCC(=O)O[C@@H](C[C@H]1C(=C)C(=O)O[C@@H]1[C@H]1O[C@]1(C)CCC=C)C(=C)C. The van der Waals surface area contributed by atoms with Crippen molar-refractivity contribution in [3.05, 3.63) is 49.6 Å². The average molecular weight is 374 g/mol. The predicted molar refractivity (Wildman–Crippen MR) is 104 cm³/mol. The molecule has 27 heavy (non-hydrogen) atoms. The number of hydrogen-bond acceptors (Lipinski definition) is 5. The van der Waals surface area contributed by atoms with Gasteiger partial charge in [-0.15, -0.1) is 13.2 Å². The maximum absolute atomic E-state index is 12.1. The van der Waals surface area contributed by atoms with E-state index in [9.17, 15) is 9.59 Å². The second-order valence-corrected chi connectivity index (χ2v) is 7.57. The van der Waals surface area contributed by atoms with Crippen LogP contribution in [0.4, 0.5) is 0 Å². The van der Waals surface area contributed by atoms with Crippen molar-refractivity contribution in [2.24, 2.45) is 5.92 Å². The van der Waals surface area contributed by atoms with Gasteiger partial charge in [-0.2, -0.15) is 0 Å². The van der Waals surface area contributed by atoms with Crippen LogP contribution in [0.5, 0.6) is 0 Å². The molecule has 0 aliphatic carbocycles. The Morgan fingerprint density at radius 3 is 2.59 bits per heavy atom. The summed E-state index contributed by atoms with van der Waals surface area (Å²) in [5.41, 5.74) is 0.787. The van der Waals surface area contributed by atoms with E-state index in [2.05, 4.69) is 26.3 Å². The number of hydrogen-bond donors (Lipinski definition) is 0. The number of ether oxygens (including phenoxy) is 3. The Morgan fingerprint density at radius 1 is 1.33 bits per heavy atom. The van der Waals surface area contributed by atoms with Gasteiger partial charge in [-0.05, 0) is 45.1 Å². The molecule has 0 aromatic carbocycles. The van der Waals surface area contributed by atoms with Crippen LogP contribution in [0.15, 0.2) is 49.6 Å². The van der Waals surface area contributed by atoms with Gasteiger partial charge in [0.25, 0.3) is 0 Å². The van der Waals surface area contributed by atoms with E-state index in [4.69, 9.17) is 14.2 Å². The third kappa shape index (κ3) is 4.98. The van der Waals surface area contributed by atoms with Crippen LogP contribution in [0.1, 0.15) is 46.0 Å². The van der Waals surface area contributed by atoms with E-state index < -0.39 is 18.2 Å². The summed E-state index contributed by atoms with van der Waals surface area (Å²) in [6, 6.07) is 0. The van der Waals surface area contributed by atoms with Crippen LogP contribution in [0.25, 0.3) is 0 Å². The normalized spacial score (nSPS) is 30.4. The van der Waals surface area contributed by atoms with Crippen LogP contribution in [0, 0.1) is 5.92 Å². The number of carbonyl (C=O) groups excluding carboxylic acids is 2. The standard InChI is InChI=1S/C22H30O5/c1-7-9-11-18(23)25-17(14(3)4)13-16-15(5)21(24)26-19(16)20-22(6,27-20)12-10-8-2/h7-8,16-17,19-20H,1-3,5,9-13H2,4,6H3/t16-,17-,19-,20+,22+/m0/s1. The first-order valence-electron chi connectivity index (χ1n) is 9.37. The molecular weight excluding hydrogens is 344 g/mol. The van der Waals surface area contributed by atoms with Crippen molar-refractivity contribution in [1.82, 2.24) is 0 Å². The highest BCUT2D eigenvalue weighted by Gasteiger charge is 2.61. The van der Waals surface area contributed by atoms with Crippen LogP contribution < -0.4 is 0 Å². The first kappa shape index (κ1) is 21.2. The number of rotatable bonds is 11. The lowest BCUT2D eigenvalue weighted by atomic mass is 9.84. The third-order valence-corrected chi connectivity index (χ3v) is 5.28. The van der Waals surface area contributed by atoms with E-state index in [1.54, 1.807) is 6.08 Å². The first-order valence-corrected chi connectivity index (χ1v) is 9.37. The number of epoxide rings is 1. The Bertz CT molecular complexity index is 649. The van der Waals surface area contributed by atoms with Crippen LogP contribution in [-0.2, 0) is 23.8 Å². The zero-order chi connectivity index (χ0) is 20.2. The highest BCUT2D eigenvalue weighted by Crippen LogP contribution is 2.49. The summed E-state index contributed by atoms with van der Waals surface area (Å²) in [6.45, 7) is 19.0. The molecule has 2 aliphatic heterocycles. The molecule has 0 unspecified atom stereocenters. The summed E-state index contributed by atoms with van der Waals surface area (Å²) in [7, 11) is 0. The molecule has 2 rings (SSSR count). The Labute approximate surface area is 161 Å². The lowest BCUT2D eigenvalue weighted by Gasteiger charge is -2.24. The quantitative estimate of drug-likeness (QED) is 0.236.